The highest BCUT2D eigenvalue weighted by atomic mass is 14.9. The van der Waals surface area contributed by atoms with Gasteiger partial charge in [0.25, 0.3) is 0 Å². The largest absolute Gasteiger partial charge is 0.361 e. The van der Waals surface area contributed by atoms with E-state index in [1.165, 1.54) is 45.6 Å². The van der Waals surface area contributed by atoms with E-state index in [0.717, 1.165) is 25.7 Å². The van der Waals surface area contributed by atoms with Crippen molar-refractivity contribution in [3.8, 4) is 0 Å². The van der Waals surface area contributed by atoms with E-state index < -0.39 is 0 Å². The molecule has 0 spiro atoms. The fraction of sp³-hybridized carbons (Fsp3) is 0.500. The quantitative estimate of drug-likeness (QED) is 0.226. The van der Waals surface area contributed by atoms with Gasteiger partial charge in [-0.05, 0) is 102 Å². The van der Waals surface area contributed by atoms with E-state index in [0.29, 0.717) is 0 Å². The molecule has 0 aliphatic carbocycles. The summed E-state index contributed by atoms with van der Waals surface area (Å²) in [6.07, 6.45) is 4.03. The van der Waals surface area contributed by atoms with Crippen molar-refractivity contribution < 1.29 is 0 Å². The second-order valence-corrected chi connectivity index (χ2v) is 11.9. The lowest BCUT2D eigenvalue weighted by Crippen LogP contribution is -2.29. The number of H-pyrrole nitrogens is 4. The minimum absolute atomic E-state index is 0.126. The van der Waals surface area contributed by atoms with Crippen molar-refractivity contribution in [3.05, 3.63) is 94.1 Å². The third kappa shape index (κ3) is 3.26. The van der Waals surface area contributed by atoms with Crippen LogP contribution in [0.5, 0.6) is 0 Å². The predicted octanol–water partition coefficient (Wildman–Crippen LogP) is 8.18. The Morgan fingerprint density at radius 3 is 0.611 bits per heavy atom. The molecule has 0 saturated heterocycles. The highest BCUT2D eigenvalue weighted by Crippen LogP contribution is 2.44. The van der Waals surface area contributed by atoms with E-state index in [9.17, 15) is 0 Å². The smallest absolute Gasteiger partial charge is 0.0473 e. The molecule has 0 unspecified atom stereocenters. The molecule has 4 nitrogen and oxygen atoms in total. The molecule has 0 aromatic carbocycles. The topological polar surface area (TPSA) is 63.2 Å². The predicted molar refractivity (Wildman–Crippen MR) is 150 cm³/mol. The number of rotatable bonds is 4. The molecule has 36 heavy (non-hydrogen) atoms. The lowest BCUT2D eigenvalue weighted by molar-refractivity contribution is 0.474. The van der Waals surface area contributed by atoms with E-state index in [1.54, 1.807) is 0 Å². The first kappa shape index (κ1) is 24.8. The summed E-state index contributed by atoms with van der Waals surface area (Å²) >= 11 is 0. The van der Waals surface area contributed by atoms with Gasteiger partial charge in [-0.3, -0.25) is 0 Å². The summed E-state index contributed by atoms with van der Waals surface area (Å²) in [5.41, 5.74) is 9.65. The van der Waals surface area contributed by atoms with Crippen LogP contribution in [0, 0.1) is 0 Å². The summed E-state index contributed by atoms with van der Waals surface area (Å²) in [4.78, 5) is 15.6. The van der Waals surface area contributed by atoms with Crippen LogP contribution in [0.1, 0.15) is 127 Å². The maximum atomic E-state index is 3.90. The molecule has 5 rings (SSSR count). The molecule has 4 N–H and O–H groups in total. The van der Waals surface area contributed by atoms with Crippen LogP contribution in [0.3, 0.4) is 0 Å². The maximum Gasteiger partial charge on any atom is 0.0473 e. The van der Waals surface area contributed by atoms with Gasteiger partial charge in [0.1, 0.15) is 0 Å². The third-order valence-corrected chi connectivity index (χ3v) is 10.3. The summed E-state index contributed by atoms with van der Waals surface area (Å²) in [5, 5.41) is 0. The van der Waals surface area contributed by atoms with Crippen molar-refractivity contribution in [2.24, 2.45) is 0 Å². The Morgan fingerprint density at radius 1 is 0.361 bits per heavy atom. The van der Waals surface area contributed by atoms with Crippen molar-refractivity contribution >= 4 is 0 Å². The number of aromatic nitrogens is 4. The van der Waals surface area contributed by atoms with Crippen molar-refractivity contribution in [3.63, 3.8) is 0 Å². The molecular formula is C32H44N4. The Hall–Kier alpha value is -2.88. The standard InChI is InChI=1S/C32H44N4/c1-9-29(5)21-13-15-23(33-21)30(6,10-2)25-17-19-27(35-25)32(8,12-4)28-20-18-26(36-28)31(7,11-3)24-16-14-22(29)34-24/h13-20,33-36H,9-12H2,1-8H3. The molecule has 0 amide bonds. The molecule has 0 radical (unpaired) electrons. The zero-order valence-corrected chi connectivity index (χ0v) is 23.4. The van der Waals surface area contributed by atoms with Crippen LogP contribution in [0.15, 0.2) is 48.5 Å². The van der Waals surface area contributed by atoms with Gasteiger partial charge in [-0.25, -0.2) is 0 Å². The Morgan fingerprint density at radius 2 is 0.500 bits per heavy atom. The summed E-state index contributed by atoms with van der Waals surface area (Å²) < 4.78 is 0. The highest BCUT2D eigenvalue weighted by Gasteiger charge is 2.39. The zero-order valence-electron chi connectivity index (χ0n) is 23.4. The summed E-state index contributed by atoms with van der Waals surface area (Å²) in [6, 6.07) is 18.5. The number of nitrogens with one attached hydrogen (secondary N) is 4. The molecule has 8 bridgehead atoms. The van der Waals surface area contributed by atoms with Crippen LogP contribution >= 0.6 is 0 Å². The first-order valence-corrected chi connectivity index (χ1v) is 13.9. The molecule has 0 atom stereocenters. The van der Waals surface area contributed by atoms with Crippen LogP contribution in [0.4, 0.5) is 0 Å². The normalized spacial score (nSPS) is 30.0. The van der Waals surface area contributed by atoms with E-state index in [2.05, 4.69) is 124 Å². The summed E-state index contributed by atoms with van der Waals surface area (Å²) in [6.45, 7) is 18.6. The molecule has 1 aliphatic rings. The average Bonchev–Trinajstić information content (AvgIpc) is 3.72. The Kier molecular flexibility index (Phi) is 5.74. The van der Waals surface area contributed by atoms with Crippen molar-refractivity contribution in [1.82, 2.24) is 19.9 Å². The summed E-state index contributed by atoms with van der Waals surface area (Å²) in [5.74, 6) is 0. The molecule has 0 fully saturated rings. The summed E-state index contributed by atoms with van der Waals surface area (Å²) in [7, 11) is 0. The molecule has 4 heteroatoms. The van der Waals surface area contributed by atoms with E-state index in [4.69, 9.17) is 0 Å². The molecular weight excluding hydrogens is 440 g/mol. The van der Waals surface area contributed by atoms with Crippen LogP contribution in [-0.2, 0) is 21.7 Å². The van der Waals surface area contributed by atoms with Crippen molar-refractivity contribution in [2.75, 3.05) is 0 Å². The first-order chi connectivity index (χ1) is 17.1. The van der Waals surface area contributed by atoms with Crippen LogP contribution < -0.4 is 0 Å². The van der Waals surface area contributed by atoms with Gasteiger partial charge < -0.3 is 19.9 Å². The third-order valence-electron chi connectivity index (χ3n) is 10.3. The number of hydrogen-bond donors (Lipinski definition) is 4. The molecule has 0 saturated carbocycles. The van der Waals surface area contributed by atoms with Gasteiger partial charge >= 0.3 is 0 Å². The Balaban J connectivity index is 1.80. The van der Waals surface area contributed by atoms with Gasteiger partial charge in [-0.15, -0.1) is 0 Å². The van der Waals surface area contributed by atoms with Crippen LogP contribution in [0.2, 0.25) is 0 Å². The second kappa shape index (κ2) is 8.33. The van der Waals surface area contributed by atoms with Gasteiger partial charge in [0.05, 0.1) is 0 Å². The highest BCUT2D eigenvalue weighted by molar-refractivity contribution is 5.44. The van der Waals surface area contributed by atoms with Gasteiger partial charge in [-0.2, -0.15) is 0 Å². The maximum absolute atomic E-state index is 3.90. The zero-order chi connectivity index (χ0) is 25.9. The first-order valence-electron chi connectivity index (χ1n) is 13.9. The van der Waals surface area contributed by atoms with Crippen molar-refractivity contribution in [1.29, 1.82) is 0 Å². The van der Waals surface area contributed by atoms with Crippen LogP contribution in [-0.4, -0.2) is 19.9 Å². The Labute approximate surface area is 216 Å². The fourth-order valence-electron chi connectivity index (χ4n) is 6.26. The average molecular weight is 485 g/mol. The molecule has 5 heterocycles. The number of aromatic amines is 4. The van der Waals surface area contributed by atoms with Crippen LogP contribution in [0.25, 0.3) is 0 Å². The molecule has 4 aromatic heterocycles. The molecule has 1 aliphatic heterocycles. The van der Waals surface area contributed by atoms with E-state index in [-0.39, 0.29) is 21.7 Å². The van der Waals surface area contributed by atoms with Gasteiger partial charge in [-0.1, -0.05) is 27.7 Å². The number of fused-ring (bicyclic) bond motifs is 8. The number of hydrogen-bond acceptors (Lipinski definition) is 0. The Bertz CT molecular complexity index is 1070. The van der Waals surface area contributed by atoms with Gasteiger partial charge in [0, 0.05) is 67.2 Å². The van der Waals surface area contributed by atoms with E-state index >= 15 is 0 Å². The SMILES string of the molecule is CCC1(C)c2ccc([nH]2)C(C)(CC)c2ccc([nH]2)C(C)(CC)c2ccc([nH]2)C(C)(CC)c2ccc1[nH]2. The monoisotopic (exact) mass is 484 g/mol. The second-order valence-electron chi connectivity index (χ2n) is 11.9. The minimum atomic E-state index is -0.126. The minimum Gasteiger partial charge on any atom is -0.361 e. The molecule has 192 valence electrons. The van der Waals surface area contributed by atoms with Crippen molar-refractivity contribution in [2.45, 2.75) is 103 Å². The lowest BCUT2D eigenvalue weighted by Gasteiger charge is -2.32. The van der Waals surface area contributed by atoms with E-state index in [1.807, 2.05) is 0 Å². The van der Waals surface area contributed by atoms with Gasteiger partial charge in [0.2, 0.25) is 0 Å². The molecule has 4 aromatic rings. The lowest BCUT2D eigenvalue weighted by atomic mass is 9.80. The fourth-order valence-corrected chi connectivity index (χ4v) is 6.26. The van der Waals surface area contributed by atoms with Gasteiger partial charge in [0.15, 0.2) is 0 Å².